The van der Waals surface area contributed by atoms with E-state index in [0.717, 1.165) is 19.3 Å². The first-order chi connectivity index (χ1) is 18.3. The van der Waals surface area contributed by atoms with E-state index in [1.54, 1.807) is 39.8 Å². The predicted molar refractivity (Wildman–Crippen MR) is 151 cm³/mol. The number of nitrogens with zero attached hydrogens (tertiary/aromatic N) is 2. The van der Waals surface area contributed by atoms with Gasteiger partial charge in [-0.05, 0) is 44.7 Å². The maximum Gasteiger partial charge on any atom is 0.311 e. The number of esters is 1. The third-order valence-electron chi connectivity index (χ3n) is 8.14. The summed E-state index contributed by atoms with van der Waals surface area (Å²) in [6, 6.07) is 6.43. The zero-order valence-corrected chi connectivity index (χ0v) is 23.5. The van der Waals surface area contributed by atoms with Crippen LogP contribution in [0.15, 0.2) is 49.6 Å². The number of unbranched alkanes of at least 4 members (excludes halogenated alkanes) is 3. The third-order valence-corrected chi connectivity index (χ3v) is 10.4. The zero-order valence-electron chi connectivity index (χ0n) is 21.9. The summed E-state index contributed by atoms with van der Waals surface area (Å²) in [6.07, 6.45) is 7.65. The highest BCUT2D eigenvalue weighted by Crippen LogP contribution is 2.71. The molecule has 5 atom stereocenters. The van der Waals surface area contributed by atoms with Crippen molar-refractivity contribution in [3.63, 3.8) is 0 Å². The molecule has 2 unspecified atom stereocenters. The molecule has 38 heavy (non-hydrogen) atoms. The number of hydrogen-bond acceptors (Lipinski definition) is 6. The minimum Gasteiger partial charge on any atom is -0.461 e. The topological polar surface area (TPSA) is 87.1 Å². The number of anilines is 1. The number of ether oxygens (including phenoxy) is 1. The molecular formula is C29H37ClN2O5S. The Kier molecular flexibility index (Phi) is 8.95. The number of benzene rings is 1. The van der Waals surface area contributed by atoms with Gasteiger partial charge in [0.25, 0.3) is 5.91 Å². The van der Waals surface area contributed by atoms with Crippen molar-refractivity contribution in [3.05, 3.63) is 54.6 Å². The van der Waals surface area contributed by atoms with Crippen molar-refractivity contribution < 1.29 is 24.2 Å². The van der Waals surface area contributed by atoms with Crippen molar-refractivity contribution >= 4 is 46.8 Å². The second kappa shape index (κ2) is 11.8. The largest absolute Gasteiger partial charge is 0.461 e. The van der Waals surface area contributed by atoms with Gasteiger partial charge in [0.15, 0.2) is 0 Å². The van der Waals surface area contributed by atoms with Crippen molar-refractivity contribution in [2.45, 2.75) is 61.0 Å². The number of carbonyl (C=O) groups excluding carboxylic acids is 3. The average molecular weight is 561 g/mol. The Bertz CT molecular complexity index is 1100. The number of amides is 2. The summed E-state index contributed by atoms with van der Waals surface area (Å²) in [7, 11) is 0. The van der Waals surface area contributed by atoms with Crippen LogP contribution in [0.3, 0.4) is 0 Å². The van der Waals surface area contributed by atoms with Gasteiger partial charge < -0.3 is 19.6 Å². The Morgan fingerprint density at radius 3 is 2.63 bits per heavy atom. The van der Waals surface area contributed by atoms with E-state index in [4.69, 9.17) is 21.4 Å². The lowest BCUT2D eigenvalue weighted by atomic mass is 9.66. The van der Waals surface area contributed by atoms with Gasteiger partial charge in [-0.15, -0.1) is 18.3 Å². The smallest absolute Gasteiger partial charge is 0.311 e. The van der Waals surface area contributed by atoms with Gasteiger partial charge in [0.05, 0.1) is 27.3 Å². The van der Waals surface area contributed by atoms with Crippen molar-refractivity contribution in [1.82, 2.24) is 4.90 Å². The van der Waals surface area contributed by atoms with E-state index in [-0.39, 0.29) is 31.6 Å². The van der Waals surface area contributed by atoms with E-state index in [9.17, 15) is 14.4 Å². The Labute approximate surface area is 234 Å². The highest BCUT2D eigenvalue weighted by atomic mass is 35.5. The fourth-order valence-electron chi connectivity index (χ4n) is 6.54. The van der Waals surface area contributed by atoms with E-state index in [2.05, 4.69) is 13.2 Å². The fraction of sp³-hybridized carbons (Fsp3) is 0.552. The maximum absolute atomic E-state index is 14.5. The number of rotatable bonds is 13. The molecule has 3 fully saturated rings. The molecule has 3 aliphatic rings. The van der Waals surface area contributed by atoms with E-state index in [0.29, 0.717) is 36.5 Å². The van der Waals surface area contributed by atoms with Gasteiger partial charge in [-0.25, -0.2) is 0 Å². The highest BCUT2D eigenvalue weighted by molar-refractivity contribution is 8.02. The van der Waals surface area contributed by atoms with Crippen LogP contribution in [-0.2, 0) is 19.1 Å². The van der Waals surface area contributed by atoms with Gasteiger partial charge in [-0.1, -0.05) is 55.3 Å². The molecule has 1 aromatic carbocycles. The monoisotopic (exact) mass is 560 g/mol. The summed E-state index contributed by atoms with van der Waals surface area (Å²) in [5, 5.41) is 9.58. The lowest BCUT2D eigenvalue weighted by molar-refractivity contribution is -0.154. The Morgan fingerprint density at radius 2 is 1.95 bits per heavy atom. The molecule has 1 N–H and O–H groups in total. The maximum atomic E-state index is 14.5. The summed E-state index contributed by atoms with van der Waals surface area (Å²) < 4.78 is 4.27. The Hall–Kier alpha value is -2.29. The van der Waals surface area contributed by atoms with Crippen molar-refractivity contribution in [2.24, 2.45) is 11.8 Å². The number of fused-ring (bicyclic) bond motifs is 1. The SMILES string of the molecule is C=CCOC(=O)[C@H]1[C@H]2C(=O)N(CCCCCCO)C(C(=O)N(CC=C)c3ccccc3Cl)C23CC[C@]1(C)S3. The van der Waals surface area contributed by atoms with Gasteiger partial charge in [-0.3, -0.25) is 14.4 Å². The molecule has 0 aromatic heterocycles. The number of para-hydroxylation sites is 1. The molecule has 1 spiro atoms. The number of thioether (sulfide) groups is 1. The van der Waals surface area contributed by atoms with Crippen LogP contribution >= 0.6 is 23.4 Å². The van der Waals surface area contributed by atoms with Crippen molar-refractivity contribution in [1.29, 1.82) is 0 Å². The molecule has 0 radical (unpaired) electrons. The standard InChI is InChI=1S/C29H37ClN2O5S/c1-4-16-31(21-13-9-8-12-20(21)30)26(35)24-29-15-14-28(3,38-29)23(27(36)37-19-5-2)22(29)25(34)32(24)17-10-6-7-11-18-33/h4-5,8-9,12-13,22-24,33H,1-2,6-7,10-11,14-19H2,3H3/t22-,23+,24?,28-,29?/m0/s1. The zero-order chi connectivity index (χ0) is 27.5. The third kappa shape index (κ3) is 4.91. The molecule has 9 heteroatoms. The normalized spacial score (nSPS) is 29.3. The molecule has 2 bridgehead atoms. The summed E-state index contributed by atoms with van der Waals surface area (Å²) >= 11 is 8.14. The van der Waals surface area contributed by atoms with Crippen molar-refractivity contribution in [2.75, 3.05) is 31.2 Å². The van der Waals surface area contributed by atoms with Gasteiger partial charge in [0.1, 0.15) is 12.6 Å². The Balaban J connectivity index is 1.74. The molecule has 4 rings (SSSR count). The van der Waals surface area contributed by atoms with E-state index >= 15 is 0 Å². The number of likely N-dealkylation sites (tertiary alicyclic amines) is 1. The van der Waals surface area contributed by atoms with Crippen LogP contribution in [-0.4, -0.2) is 69.6 Å². The Morgan fingerprint density at radius 1 is 1.21 bits per heavy atom. The molecular weight excluding hydrogens is 524 g/mol. The molecule has 1 aromatic rings. The first-order valence-corrected chi connectivity index (χ1v) is 14.5. The lowest BCUT2D eigenvalue weighted by Crippen LogP contribution is -2.55. The number of carbonyl (C=O) groups is 3. The number of aliphatic hydroxyl groups is 1. The molecule has 7 nitrogen and oxygen atoms in total. The van der Waals surface area contributed by atoms with E-state index in [1.807, 2.05) is 19.1 Å². The van der Waals surface area contributed by atoms with Crippen molar-refractivity contribution in [3.8, 4) is 0 Å². The lowest BCUT2D eigenvalue weighted by Gasteiger charge is -2.37. The van der Waals surface area contributed by atoms with Gasteiger partial charge in [0.2, 0.25) is 5.91 Å². The number of aliphatic hydroxyl groups excluding tert-OH is 1. The second-order valence-electron chi connectivity index (χ2n) is 10.5. The van der Waals surface area contributed by atoms with Gasteiger partial charge in [-0.2, -0.15) is 0 Å². The van der Waals surface area contributed by atoms with Crippen LogP contribution in [0.25, 0.3) is 0 Å². The molecule has 0 aliphatic carbocycles. The number of halogens is 1. The van der Waals surface area contributed by atoms with Crippen LogP contribution in [0.2, 0.25) is 5.02 Å². The summed E-state index contributed by atoms with van der Waals surface area (Å²) in [5.41, 5.74) is 0.569. The second-order valence-corrected chi connectivity index (χ2v) is 12.8. The average Bonchev–Trinajstić information content (AvgIpc) is 3.46. The van der Waals surface area contributed by atoms with Crippen LogP contribution < -0.4 is 4.90 Å². The molecule has 3 saturated heterocycles. The summed E-state index contributed by atoms with van der Waals surface area (Å²) in [5.74, 6) is -2.02. The predicted octanol–water partition coefficient (Wildman–Crippen LogP) is 4.62. The number of hydrogen-bond donors (Lipinski definition) is 1. The van der Waals surface area contributed by atoms with Crippen LogP contribution in [0.4, 0.5) is 5.69 Å². The summed E-state index contributed by atoms with van der Waals surface area (Å²) in [6.45, 7) is 10.4. The highest BCUT2D eigenvalue weighted by Gasteiger charge is 2.77. The van der Waals surface area contributed by atoms with Gasteiger partial charge >= 0.3 is 5.97 Å². The van der Waals surface area contributed by atoms with Gasteiger partial charge in [0, 0.05) is 24.4 Å². The molecule has 2 amide bonds. The van der Waals surface area contributed by atoms with Crippen LogP contribution in [0.1, 0.15) is 45.4 Å². The molecule has 3 heterocycles. The summed E-state index contributed by atoms with van der Waals surface area (Å²) in [4.78, 5) is 45.3. The molecule has 3 aliphatic heterocycles. The molecule has 0 saturated carbocycles. The first kappa shape index (κ1) is 28.7. The minimum absolute atomic E-state index is 0.0839. The quantitative estimate of drug-likeness (QED) is 0.215. The van der Waals surface area contributed by atoms with Crippen LogP contribution in [0, 0.1) is 11.8 Å². The fourth-order valence-corrected chi connectivity index (χ4v) is 9.11. The molecule has 206 valence electrons. The van der Waals surface area contributed by atoms with E-state index in [1.165, 1.54) is 6.08 Å². The van der Waals surface area contributed by atoms with E-state index < -0.39 is 33.3 Å². The minimum atomic E-state index is -0.738. The first-order valence-electron chi connectivity index (χ1n) is 13.3. The van der Waals surface area contributed by atoms with Crippen LogP contribution in [0.5, 0.6) is 0 Å².